The Bertz CT molecular complexity index is 1530. The number of nitrogens with one attached hydrogen (secondary N) is 3. The lowest BCUT2D eigenvalue weighted by Gasteiger charge is -2.23. The zero-order chi connectivity index (χ0) is 24.8. The Labute approximate surface area is 206 Å². The normalized spacial score (nSPS) is 19.5. The number of para-hydroxylation sites is 1. The molecule has 0 radical (unpaired) electrons. The zero-order valence-corrected chi connectivity index (χ0v) is 19.8. The second kappa shape index (κ2) is 8.67. The van der Waals surface area contributed by atoms with Crippen LogP contribution in [0.5, 0.6) is 11.6 Å². The summed E-state index contributed by atoms with van der Waals surface area (Å²) in [6.45, 7) is 2.45. The van der Waals surface area contributed by atoms with Gasteiger partial charge in [-0.1, -0.05) is 12.1 Å². The molecule has 8 nitrogen and oxygen atoms in total. The Hall–Kier alpha value is -4.40. The first kappa shape index (κ1) is 22.1. The molecule has 36 heavy (non-hydrogen) atoms. The minimum Gasteiger partial charge on any atom is -0.492 e. The van der Waals surface area contributed by atoms with Crippen molar-refractivity contribution in [3.8, 4) is 22.9 Å². The van der Waals surface area contributed by atoms with Gasteiger partial charge in [0.05, 0.1) is 35.3 Å². The number of pyridine rings is 2. The third-order valence-electron chi connectivity index (χ3n) is 6.57. The predicted octanol–water partition coefficient (Wildman–Crippen LogP) is 5.07. The van der Waals surface area contributed by atoms with Crippen LogP contribution >= 0.6 is 0 Å². The van der Waals surface area contributed by atoms with Gasteiger partial charge < -0.3 is 25.1 Å². The van der Waals surface area contributed by atoms with E-state index in [1.807, 2.05) is 25.1 Å². The molecule has 4 aromatic rings. The highest BCUT2D eigenvalue weighted by molar-refractivity contribution is 6.08. The number of halogens is 1. The molecule has 3 N–H and O–H groups in total. The molecule has 1 aromatic carbocycles. The van der Waals surface area contributed by atoms with Crippen LogP contribution in [0.15, 0.2) is 54.7 Å². The second-order valence-corrected chi connectivity index (χ2v) is 8.88. The SMILES string of the molecule is COc1c(F)cccc1Nc1c2[nH]c3c1C(=O)NC[C@@H]3C/C=C\[C@H](C)Oc1ccc3nccc-2c3n1. The summed E-state index contributed by atoms with van der Waals surface area (Å²) in [6.07, 6.45) is 6.27. The van der Waals surface area contributed by atoms with E-state index in [0.29, 0.717) is 52.5 Å². The van der Waals surface area contributed by atoms with Gasteiger partial charge in [-0.05, 0) is 43.7 Å². The fourth-order valence-electron chi connectivity index (χ4n) is 4.88. The first-order chi connectivity index (χ1) is 17.5. The number of benzene rings is 1. The number of hydrogen-bond acceptors (Lipinski definition) is 6. The van der Waals surface area contributed by atoms with Gasteiger partial charge in [0.25, 0.3) is 5.91 Å². The predicted molar refractivity (Wildman–Crippen MR) is 134 cm³/mol. The zero-order valence-electron chi connectivity index (χ0n) is 19.8. The lowest BCUT2D eigenvalue weighted by Crippen LogP contribution is -2.34. The van der Waals surface area contributed by atoms with Crippen LogP contribution in [0.25, 0.3) is 22.3 Å². The number of allylic oxidation sites excluding steroid dienone is 1. The number of methoxy groups -OCH3 is 1. The van der Waals surface area contributed by atoms with Crippen LogP contribution in [0, 0.1) is 5.82 Å². The van der Waals surface area contributed by atoms with Crippen molar-refractivity contribution < 1.29 is 18.7 Å². The molecule has 3 aromatic heterocycles. The number of hydrogen-bond donors (Lipinski definition) is 3. The lowest BCUT2D eigenvalue weighted by atomic mass is 9.93. The molecule has 0 fully saturated rings. The summed E-state index contributed by atoms with van der Waals surface area (Å²) in [6, 6.07) is 10.1. The third kappa shape index (κ3) is 3.64. The number of carbonyl (C=O) groups excluding carboxylic acids is 1. The first-order valence-electron chi connectivity index (χ1n) is 11.8. The minimum absolute atomic E-state index is 0.0130. The van der Waals surface area contributed by atoms with E-state index in [-0.39, 0.29) is 23.7 Å². The molecule has 182 valence electrons. The van der Waals surface area contributed by atoms with Crippen LogP contribution in [-0.2, 0) is 0 Å². The van der Waals surface area contributed by atoms with Crippen LogP contribution in [0.1, 0.15) is 35.3 Å². The molecule has 2 aliphatic heterocycles. The maximum atomic E-state index is 14.5. The maximum absolute atomic E-state index is 14.5. The number of nitrogens with zero attached hydrogens (tertiary/aromatic N) is 2. The van der Waals surface area contributed by atoms with E-state index in [0.717, 1.165) is 11.3 Å². The number of aromatic amines is 1. The molecule has 0 spiro atoms. The van der Waals surface area contributed by atoms with Crippen molar-refractivity contribution in [2.75, 3.05) is 19.0 Å². The molecular formula is C27H24FN5O3. The summed E-state index contributed by atoms with van der Waals surface area (Å²) >= 11 is 0. The van der Waals surface area contributed by atoms with Crippen LogP contribution in [-0.4, -0.2) is 40.6 Å². The number of carbonyl (C=O) groups is 1. The number of rotatable bonds is 3. The van der Waals surface area contributed by atoms with Crippen LogP contribution in [0.2, 0.25) is 0 Å². The smallest absolute Gasteiger partial charge is 0.255 e. The van der Waals surface area contributed by atoms with Gasteiger partial charge in [-0.2, -0.15) is 0 Å². The van der Waals surface area contributed by atoms with Crippen molar-refractivity contribution in [3.05, 3.63) is 71.8 Å². The average Bonchev–Trinajstić information content (AvgIpc) is 3.25. The summed E-state index contributed by atoms with van der Waals surface area (Å²) in [5.41, 5.74) is 4.92. The number of anilines is 2. The number of aromatic nitrogens is 3. The molecule has 6 rings (SSSR count). The quantitative estimate of drug-likeness (QED) is 0.350. The molecule has 2 atom stereocenters. The van der Waals surface area contributed by atoms with Crippen LogP contribution < -0.4 is 20.1 Å². The van der Waals surface area contributed by atoms with Gasteiger partial charge in [0.1, 0.15) is 11.6 Å². The summed E-state index contributed by atoms with van der Waals surface area (Å²) in [5.74, 6) is -0.163. The largest absolute Gasteiger partial charge is 0.492 e. The Balaban J connectivity index is 1.64. The number of fused-ring (bicyclic) bond motifs is 3. The molecule has 9 heteroatoms. The van der Waals surface area contributed by atoms with Crippen molar-refractivity contribution in [2.24, 2.45) is 0 Å². The van der Waals surface area contributed by atoms with Crippen molar-refractivity contribution >= 4 is 28.3 Å². The Morgan fingerprint density at radius 1 is 1.22 bits per heavy atom. The maximum Gasteiger partial charge on any atom is 0.255 e. The first-order valence-corrected chi connectivity index (χ1v) is 11.8. The summed E-state index contributed by atoms with van der Waals surface area (Å²) in [5, 5.41) is 6.30. The molecule has 2 aliphatic rings. The molecule has 0 saturated carbocycles. The Kier molecular flexibility index (Phi) is 5.32. The fourth-order valence-corrected chi connectivity index (χ4v) is 4.88. The highest BCUT2D eigenvalue weighted by atomic mass is 19.1. The summed E-state index contributed by atoms with van der Waals surface area (Å²) in [4.78, 5) is 26.0. The molecular weight excluding hydrogens is 461 g/mol. The van der Waals surface area contributed by atoms with E-state index in [2.05, 4.69) is 26.7 Å². The fraction of sp³-hybridized carbons (Fsp3) is 0.222. The summed E-state index contributed by atoms with van der Waals surface area (Å²) in [7, 11) is 1.41. The molecule has 0 unspecified atom stereocenters. The van der Waals surface area contributed by atoms with E-state index < -0.39 is 5.82 Å². The topological polar surface area (TPSA) is 101 Å². The molecule has 1 amide bonds. The van der Waals surface area contributed by atoms with Crippen molar-refractivity contribution in [1.29, 1.82) is 0 Å². The van der Waals surface area contributed by atoms with Crippen molar-refractivity contribution in [3.63, 3.8) is 0 Å². The lowest BCUT2D eigenvalue weighted by molar-refractivity contribution is 0.0941. The second-order valence-electron chi connectivity index (χ2n) is 8.88. The number of ether oxygens (including phenoxy) is 2. The Morgan fingerprint density at radius 3 is 2.97 bits per heavy atom. The number of amides is 1. The average molecular weight is 486 g/mol. The van der Waals surface area contributed by atoms with Crippen LogP contribution in [0.4, 0.5) is 15.8 Å². The number of H-pyrrole nitrogens is 1. The van der Waals surface area contributed by atoms with Gasteiger partial charge in [-0.25, -0.2) is 9.37 Å². The summed E-state index contributed by atoms with van der Waals surface area (Å²) < 4.78 is 25.9. The molecule has 0 saturated heterocycles. The van der Waals surface area contributed by atoms with Gasteiger partial charge in [0, 0.05) is 36.0 Å². The van der Waals surface area contributed by atoms with Crippen molar-refractivity contribution in [2.45, 2.75) is 25.4 Å². The molecule has 0 aliphatic carbocycles. The highest BCUT2D eigenvalue weighted by Crippen LogP contribution is 2.43. The van der Waals surface area contributed by atoms with Gasteiger partial charge in [0.2, 0.25) is 5.88 Å². The highest BCUT2D eigenvalue weighted by Gasteiger charge is 2.33. The van der Waals surface area contributed by atoms with Crippen LogP contribution in [0.3, 0.4) is 0 Å². The van der Waals surface area contributed by atoms with Gasteiger partial charge in [0.15, 0.2) is 11.6 Å². The molecule has 4 bridgehead atoms. The van der Waals surface area contributed by atoms with Crippen molar-refractivity contribution in [1.82, 2.24) is 20.3 Å². The van der Waals surface area contributed by atoms with E-state index in [4.69, 9.17) is 14.5 Å². The van der Waals surface area contributed by atoms with E-state index >= 15 is 0 Å². The molecule has 5 heterocycles. The Morgan fingerprint density at radius 2 is 2.11 bits per heavy atom. The van der Waals surface area contributed by atoms with E-state index in [9.17, 15) is 9.18 Å². The van der Waals surface area contributed by atoms with E-state index in [1.165, 1.54) is 13.2 Å². The van der Waals surface area contributed by atoms with Gasteiger partial charge >= 0.3 is 0 Å². The van der Waals surface area contributed by atoms with Gasteiger partial charge in [-0.15, -0.1) is 0 Å². The standard InChI is InChI=1S/C27H24FN5O3/c1-14-5-3-6-15-13-30-27(34)21-22(15)33-24(25(21)31-19-8-4-7-17(28)26(19)35-2)16-11-12-29-18-9-10-20(36-14)32-23(16)18/h3-5,7-12,14-15,31,33H,6,13H2,1-2H3,(H,30,34)/b5-3-/t14-,15-/m0/s1. The van der Waals surface area contributed by atoms with E-state index in [1.54, 1.807) is 24.4 Å². The monoisotopic (exact) mass is 485 g/mol. The van der Waals surface area contributed by atoms with Gasteiger partial charge in [-0.3, -0.25) is 9.78 Å². The minimum atomic E-state index is -0.505. The third-order valence-corrected chi connectivity index (χ3v) is 6.57.